The van der Waals surface area contributed by atoms with Gasteiger partial charge in [-0.25, -0.2) is 0 Å². The summed E-state index contributed by atoms with van der Waals surface area (Å²) < 4.78 is 0.912. The van der Waals surface area contributed by atoms with E-state index < -0.39 is 0 Å². The van der Waals surface area contributed by atoms with Gasteiger partial charge in [-0.05, 0) is 43.9 Å². The Morgan fingerprint density at radius 2 is 2.00 bits per heavy atom. The van der Waals surface area contributed by atoms with Crippen LogP contribution in [0.2, 0.25) is 0 Å². The number of benzene rings is 1. The maximum Gasteiger partial charge on any atom is 0.217 e. The van der Waals surface area contributed by atoms with E-state index in [9.17, 15) is 9.59 Å². The molecule has 1 aromatic rings. The van der Waals surface area contributed by atoms with Crippen LogP contribution in [-0.2, 0) is 4.79 Å². The molecule has 1 heterocycles. The molecule has 0 unspecified atom stereocenters. The first kappa shape index (κ1) is 15.0. The van der Waals surface area contributed by atoms with Crippen LogP contribution in [0.4, 0.5) is 5.69 Å². The summed E-state index contributed by atoms with van der Waals surface area (Å²) in [5.74, 6) is 0.219. The minimum absolute atomic E-state index is 0.0700. The number of carbonyl (C=O) groups is 2. The van der Waals surface area contributed by atoms with E-state index in [1.165, 1.54) is 0 Å². The van der Waals surface area contributed by atoms with Crippen molar-refractivity contribution < 1.29 is 9.59 Å². The molecule has 1 aromatic carbocycles. The highest BCUT2D eigenvalue weighted by atomic mass is 79.9. The number of hydrogen-bond donors (Lipinski definition) is 1. The second kappa shape index (κ2) is 6.39. The molecule has 0 aliphatic carbocycles. The van der Waals surface area contributed by atoms with E-state index in [-0.39, 0.29) is 11.7 Å². The van der Waals surface area contributed by atoms with Crippen molar-refractivity contribution >= 4 is 33.3 Å². The van der Waals surface area contributed by atoms with Crippen LogP contribution in [-0.4, -0.2) is 24.8 Å². The van der Waals surface area contributed by atoms with Crippen LogP contribution in [0.3, 0.4) is 0 Å². The molecule has 1 fully saturated rings. The third kappa shape index (κ3) is 3.60. The van der Waals surface area contributed by atoms with Gasteiger partial charge in [-0.15, -0.1) is 0 Å². The number of rotatable bonds is 4. The number of nitrogens with two attached hydrogens (primary N) is 1. The first-order valence-corrected chi connectivity index (χ1v) is 7.60. The average Bonchev–Trinajstić information content (AvgIpc) is 2.39. The van der Waals surface area contributed by atoms with Crippen LogP contribution < -0.4 is 10.6 Å². The van der Waals surface area contributed by atoms with Crippen LogP contribution in [0.1, 0.15) is 36.5 Å². The molecule has 0 radical (unpaired) electrons. The number of nitrogens with zero attached hydrogens (tertiary/aromatic N) is 1. The average molecular weight is 339 g/mol. The molecule has 1 aliphatic rings. The predicted octanol–water partition coefficient (Wildman–Crippen LogP) is 2.74. The van der Waals surface area contributed by atoms with Crippen molar-refractivity contribution in [2.24, 2.45) is 11.7 Å². The summed E-state index contributed by atoms with van der Waals surface area (Å²) >= 11 is 3.40. The molecule has 4 nitrogen and oxygen atoms in total. The number of halogens is 1. The van der Waals surface area contributed by atoms with E-state index in [4.69, 9.17) is 5.73 Å². The van der Waals surface area contributed by atoms with Crippen molar-refractivity contribution in [1.82, 2.24) is 0 Å². The Bertz CT molecular complexity index is 523. The Kier molecular flexibility index (Phi) is 4.81. The summed E-state index contributed by atoms with van der Waals surface area (Å²) in [5.41, 5.74) is 6.97. The molecule has 2 rings (SSSR count). The number of piperidine rings is 1. The minimum atomic E-state index is -0.225. The highest BCUT2D eigenvalue weighted by Gasteiger charge is 2.23. The van der Waals surface area contributed by atoms with Gasteiger partial charge in [0.05, 0.1) is 0 Å². The van der Waals surface area contributed by atoms with Crippen LogP contribution in [0.15, 0.2) is 22.7 Å². The van der Waals surface area contributed by atoms with E-state index in [0.29, 0.717) is 12.3 Å². The lowest BCUT2D eigenvalue weighted by molar-refractivity contribution is -0.119. The third-order valence-electron chi connectivity index (χ3n) is 3.78. The summed E-state index contributed by atoms with van der Waals surface area (Å²) in [6.07, 6.45) is 2.35. The van der Waals surface area contributed by atoms with Crippen molar-refractivity contribution in [2.45, 2.75) is 26.2 Å². The fourth-order valence-electron chi connectivity index (χ4n) is 2.73. The summed E-state index contributed by atoms with van der Waals surface area (Å²) in [5, 5.41) is 0. The van der Waals surface area contributed by atoms with Crippen molar-refractivity contribution in [3.05, 3.63) is 28.2 Å². The number of carbonyl (C=O) groups excluding carboxylic acids is 2. The van der Waals surface area contributed by atoms with Crippen molar-refractivity contribution in [1.29, 1.82) is 0 Å². The van der Waals surface area contributed by atoms with Gasteiger partial charge in [-0.2, -0.15) is 0 Å². The lowest BCUT2D eigenvalue weighted by atomic mass is 9.92. The maximum absolute atomic E-state index is 11.8. The third-order valence-corrected chi connectivity index (χ3v) is 4.28. The zero-order chi connectivity index (χ0) is 14.7. The van der Waals surface area contributed by atoms with Gasteiger partial charge in [0, 0.05) is 35.2 Å². The number of ketones is 1. The maximum atomic E-state index is 11.8. The van der Waals surface area contributed by atoms with Crippen LogP contribution >= 0.6 is 15.9 Å². The predicted molar refractivity (Wildman–Crippen MR) is 82.9 cm³/mol. The molecule has 1 amide bonds. The summed E-state index contributed by atoms with van der Waals surface area (Å²) in [7, 11) is 0. The number of anilines is 1. The fraction of sp³-hybridized carbons (Fsp3) is 0.467. The highest BCUT2D eigenvalue weighted by molar-refractivity contribution is 9.10. The smallest absolute Gasteiger partial charge is 0.217 e. The highest BCUT2D eigenvalue weighted by Crippen LogP contribution is 2.29. The molecule has 5 heteroatoms. The Balaban J connectivity index is 2.11. The molecule has 0 bridgehead atoms. The topological polar surface area (TPSA) is 63.4 Å². The standard InChI is InChI=1S/C15H19BrN2O2/c1-10(19)13-9-12(16)2-3-14(13)18-6-4-11(5-7-18)8-15(17)20/h2-3,9,11H,4-8H2,1H3,(H2,17,20). The molecule has 0 saturated carbocycles. The lowest BCUT2D eigenvalue weighted by Gasteiger charge is -2.34. The van der Waals surface area contributed by atoms with Gasteiger partial charge < -0.3 is 10.6 Å². The first-order valence-electron chi connectivity index (χ1n) is 6.81. The first-order chi connectivity index (χ1) is 9.47. The van der Waals surface area contributed by atoms with Crippen LogP contribution in [0.25, 0.3) is 0 Å². The molecule has 2 N–H and O–H groups in total. The van der Waals surface area contributed by atoms with E-state index >= 15 is 0 Å². The minimum Gasteiger partial charge on any atom is -0.371 e. The molecule has 0 atom stereocenters. The van der Waals surface area contributed by atoms with Gasteiger partial charge in [0.1, 0.15) is 0 Å². The largest absolute Gasteiger partial charge is 0.371 e. The van der Waals surface area contributed by atoms with Gasteiger partial charge in [-0.1, -0.05) is 15.9 Å². The van der Waals surface area contributed by atoms with Gasteiger partial charge >= 0.3 is 0 Å². The van der Waals surface area contributed by atoms with Crippen LogP contribution in [0, 0.1) is 5.92 Å². The Morgan fingerprint density at radius 1 is 1.35 bits per heavy atom. The van der Waals surface area contributed by atoms with E-state index in [2.05, 4.69) is 20.8 Å². The quantitative estimate of drug-likeness (QED) is 0.858. The molecule has 0 aromatic heterocycles. The monoisotopic (exact) mass is 338 g/mol. The second-order valence-corrected chi connectivity index (χ2v) is 6.23. The van der Waals surface area contributed by atoms with Crippen LogP contribution in [0.5, 0.6) is 0 Å². The molecule has 1 aliphatic heterocycles. The Labute approximate surface area is 127 Å². The number of amides is 1. The number of primary amides is 1. The van der Waals surface area contributed by atoms with E-state index in [0.717, 1.165) is 41.7 Å². The summed E-state index contributed by atoms with van der Waals surface area (Å²) in [4.78, 5) is 24.9. The van der Waals surface area contributed by atoms with Gasteiger partial charge in [0.25, 0.3) is 0 Å². The number of Topliss-reactive ketones (excluding diaryl/α,β-unsaturated/α-hetero) is 1. The van der Waals surface area contributed by atoms with Gasteiger partial charge in [0.2, 0.25) is 5.91 Å². The van der Waals surface area contributed by atoms with Crippen molar-refractivity contribution in [3.63, 3.8) is 0 Å². The molecular weight excluding hydrogens is 320 g/mol. The lowest BCUT2D eigenvalue weighted by Crippen LogP contribution is -2.35. The SMILES string of the molecule is CC(=O)c1cc(Br)ccc1N1CCC(CC(N)=O)CC1. The number of hydrogen-bond acceptors (Lipinski definition) is 3. The molecule has 108 valence electrons. The van der Waals surface area contributed by atoms with Gasteiger partial charge in [0.15, 0.2) is 5.78 Å². The zero-order valence-electron chi connectivity index (χ0n) is 11.6. The molecule has 20 heavy (non-hydrogen) atoms. The summed E-state index contributed by atoms with van der Waals surface area (Å²) in [6.45, 7) is 3.31. The molecule has 1 saturated heterocycles. The summed E-state index contributed by atoms with van der Waals surface area (Å²) in [6, 6.07) is 5.81. The second-order valence-electron chi connectivity index (χ2n) is 5.32. The molecule has 0 spiro atoms. The Hall–Kier alpha value is -1.36. The fourth-order valence-corrected chi connectivity index (χ4v) is 3.09. The van der Waals surface area contributed by atoms with E-state index in [1.54, 1.807) is 6.92 Å². The zero-order valence-corrected chi connectivity index (χ0v) is 13.1. The van der Waals surface area contributed by atoms with Crippen molar-refractivity contribution in [2.75, 3.05) is 18.0 Å². The molecular formula is C15H19BrN2O2. The van der Waals surface area contributed by atoms with Crippen molar-refractivity contribution in [3.8, 4) is 0 Å². The Morgan fingerprint density at radius 3 is 2.55 bits per heavy atom. The van der Waals surface area contributed by atoms with E-state index in [1.807, 2.05) is 18.2 Å². The normalized spacial score (nSPS) is 16.2. The van der Waals surface area contributed by atoms with Gasteiger partial charge in [-0.3, -0.25) is 9.59 Å².